The van der Waals surface area contributed by atoms with Crippen LogP contribution in [0.5, 0.6) is 0 Å². The third-order valence-corrected chi connectivity index (χ3v) is 4.76. The van der Waals surface area contributed by atoms with Crippen LogP contribution in [0, 0.1) is 13.8 Å². The average molecular weight is 323 g/mol. The standard InChI is InChI=1S/C18H21N5O/c1-12-10-21(3)17(19-12)15-7-5-9-22(15)18(24)14-11-23-13(2)6-4-8-16(23)20-14/h4,6,8,10-11,15H,5,7,9H2,1-3H3. The number of hydrogen-bond acceptors (Lipinski definition) is 3. The largest absolute Gasteiger partial charge is 0.336 e. The number of rotatable bonds is 2. The summed E-state index contributed by atoms with van der Waals surface area (Å²) in [6.07, 6.45) is 5.79. The summed E-state index contributed by atoms with van der Waals surface area (Å²) in [7, 11) is 1.99. The van der Waals surface area contributed by atoms with Crippen LogP contribution < -0.4 is 0 Å². The molecule has 1 atom stereocenters. The minimum atomic E-state index is -0.0127. The Hall–Kier alpha value is -2.63. The number of imidazole rings is 2. The molecule has 0 saturated carbocycles. The first-order chi connectivity index (χ1) is 11.5. The molecule has 1 aliphatic rings. The lowest BCUT2D eigenvalue weighted by Gasteiger charge is -2.23. The van der Waals surface area contributed by atoms with Crippen molar-refractivity contribution in [1.29, 1.82) is 0 Å². The molecule has 0 spiro atoms. The highest BCUT2D eigenvalue weighted by Crippen LogP contribution is 2.32. The highest BCUT2D eigenvalue weighted by Gasteiger charge is 2.34. The number of likely N-dealkylation sites (tertiary alicyclic amines) is 1. The quantitative estimate of drug-likeness (QED) is 0.728. The van der Waals surface area contributed by atoms with Crippen LogP contribution in [0.2, 0.25) is 0 Å². The summed E-state index contributed by atoms with van der Waals surface area (Å²) in [5.74, 6) is 0.944. The number of carbonyl (C=O) groups is 1. The Bertz CT molecular complexity index is 923. The lowest BCUT2D eigenvalue weighted by molar-refractivity contribution is 0.0723. The van der Waals surface area contributed by atoms with E-state index in [1.165, 1.54) is 0 Å². The summed E-state index contributed by atoms with van der Waals surface area (Å²) in [5.41, 5.74) is 3.36. The van der Waals surface area contributed by atoms with Gasteiger partial charge in [-0.2, -0.15) is 0 Å². The Morgan fingerprint density at radius 1 is 1.21 bits per heavy atom. The van der Waals surface area contributed by atoms with E-state index in [2.05, 4.69) is 9.97 Å². The van der Waals surface area contributed by atoms with E-state index in [0.29, 0.717) is 5.69 Å². The second kappa shape index (κ2) is 5.47. The third kappa shape index (κ3) is 2.29. The summed E-state index contributed by atoms with van der Waals surface area (Å²) < 4.78 is 3.99. The van der Waals surface area contributed by atoms with Gasteiger partial charge in [-0.1, -0.05) is 6.07 Å². The average Bonchev–Trinajstić information content (AvgIpc) is 3.24. The molecule has 1 saturated heterocycles. The molecule has 1 unspecified atom stereocenters. The van der Waals surface area contributed by atoms with Crippen LogP contribution >= 0.6 is 0 Å². The van der Waals surface area contributed by atoms with Crippen LogP contribution in [0.3, 0.4) is 0 Å². The highest BCUT2D eigenvalue weighted by molar-refractivity contribution is 5.93. The zero-order chi connectivity index (χ0) is 16.8. The molecule has 1 fully saturated rings. The minimum Gasteiger partial charge on any atom is -0.336 e. The van der Waals surface area contributed by atoms with E-state index in [4.69, 9.17) is 0 Å². The van der Waals surface area contributed by atoms with Crippen molar-refractivity contribution in [2.75, 3.05) is 6.54 Å². The molecule has 0 N–H and O–H groups in total. The van der Waals surface area contributed by atoms with Crippen LogP contribution in [0.15, 0.2) is 30.6 Å². The molecule has 6 heteroatoms. The molecule has 24 heavy (non-hydrogen) atoms. The van der Waals surface area contributed by atoms with Crippen molar-refractivity contribution in [3.8, 4) is 0 Å². The maximum Gasteiger partial charge on any atom is 0.274 e. The van der Waals surface area contributed by atoms with Gasteiger partial charge in [-0.15, -0.1) is 0 Å². The first kappa shape index (κ1) is 14.9. The van der Waals surface area contributed by atoms with Crippen LogP contribution in [0.25, 0.3) is 5.65 Å². The van der Waals surface area contributed by atoms with E-state index >= 15 is 0 Å². The second-order valence-corrected chi connectivity index (χ2v) is 6.53. The first-order valence-electron chi connectivity index (χ1n) is 8.30. The van der Waals surface area contributed by atoms with E-state index in [1.807, 2.05) is 65.4 Å². The number of aromatic nitrogens is 4. The molecule has 4 rings (SSSR count). The van der Waals surface area contributed by atoms with Crippen molar-refractivity contribution in [3.63, 3.8) is 0 Å². The van der Waals surface area contributed by atoms with Crippen molar-refractivity contribution in [3.05, 3.63) is 53.5 Å². The van der Waals surface area contributed by atoms with Gasteiger partial charge in [0.2, 0.25) is 0 Å². The Labute approximate surface area is 140 Å². The van der Waals surface area contributed by atoms with Gasteiger partial charge in [-0.25, -0.2) is 9.97 Å². The first-order valence-corrected chi connectivity index (χ1v) is 8.30. The van der Waals surface area contributed by atoms with Gasteiger partial charge in [0.25, 0.3) is 5.91 Å². The lowest BCUT2D eigenvalue weighted by atomic mass is 10.2. The van der Waals surface area contributed by atoms with Crippen molar-refractivity contribution in [1.82, 2.24) is 23.8 Å². The lowest BCUT2D eigenvalue weighted by Crippen LogP contribution is -2.32. The number of hydrogen-bond donors (Lipinski definition) is 0. The smallest absolute Gasteiger partial charge is 0.274 e. The van der Waals surface area contributed by atoms with Gasteiger partial charge in [0.05, 0.1) is 11.7 Å². The molecule has 0 radical (unpaired) electrons. The Morgan fingerprint density at radius 2 is 2.04 bits per heavy atom. The zero-order valence-electron chi connectivity index (χ0n) is 14.2. The third-order valence-electron chi connectivity index (χ3n) is 4.76. The highest BCUT2D eigenvalue weighted by atomic mass is 16.2. The maximum absolute atomic E-state index is 13.0. The fraction of sp³-hybridized carbons (Fsp3) is 0.389. The molecule has 1 aliphatic heterocycles. The maximum atomic E-state index is 13.0. The molecule has 0 aromatic carbocycles. The van der Waals surface area contributed by atoms with E-state index in [9.17, 15) is 4.79 Å². The van der Waals surface area contributed by atoms with E-state index in [1.54, 1.807) is 0 Å². The van der Waals surface area contributed by atoms with Crippen LogP contribution in [0.1, 0.15) is 46.6 Å². The summed E-state index contributed by atoms with van der Waals surface area (Å²) >= 11 is 0. The molecular formula is C18H21N5O. The van der Waals surface area contributed by atoms with Gasteiger partial charge < -0.3 is 13.9 Å². The number of fused-ring (bicyclic) bond motifs is 1. The summed E-state index contributed by atoms with van der Waals surface area (Å²) in [5, 5.41) is 0. The van der Waals surface area contributed by atoms with Crippen molar-refractivity contribution in [2.45, 2.75) is 32.7 Å². The molecule has 0 aliphatic carbocycles. The number of amides is 1. The number of nitrogens with zero attached hydrogens (tertiary/aromatic N) is 5. The molecule has 0 bridgehead atoms. The van der Waals surface area contributed by atoms with Gasteiger partial charge in [-0.05, 0) is 38.8 Å². The number of aryl methyl sites for hydroxylation is 3. The normalized spacial score (nSPS) is 17.8. The van der Waals surface area contributed by atoms with Gasteiger partial charge in [-0.3, -0.25) is 4.79 Å². The summed E-state index contributed by atoms with van der Waals surface area (Å²) in [6, 6.07) is 5.93. The van der Waals surface area contributed by atoms with Crippen LogP contribution in [-0.2, 0) is 7.05 Å². The predicted molar refractivity (Wildman–Crippen MR) is 90.9 cm³/mol. The molecular weight excluding hydrogens is 302 g/mol. The van der Waals surface area contributed by atoms with Crippen molar-refractivity contribution < 1.29 is 4.79 Å². The van der Waals surface area contributed by atoms with Crippen LogP contribution in [-0.4, -0.2) is 36.3 Å². The molecule has 1 amide bonds. The van der Waals surface area contributed by atoms with Crippen LogP contribution in [0.4, 0.5) is 0 Å². The fourth-order valence-corrected chi connectivity index (χ4v) is 3.62. The Balaban J connectivity index is 1.69. The van der Waals surface area contributed by atoms with Gasteiger partial charge in [0, 0.05) is 31.7 Å². The number of carbonyl (C=O) groups excluding carboxylic acids is 1. The molecule has 3 aromatic rings. The summed E-state index contributed by atoms with van der Waals surface area (Å²) in [6.45, 7) is 4.75. The van der Waals surface area contributed by atoms with Gasteiger partial charge in [0.15, 0.2) is 0 Å². The molecule has 4 heterocycles. The number of pyridine rings is 1. The zero-order valence-corrected chi connectivity index (χ0v) is 14.2. The Morgan fingerprint density at radius 3 is 2.75 bits per heavy atom. The SMILES string of the molecule is Cc1cn(C)c(C2CCCN2C(=O)c2cn3c(C)cccc3n2)n1. The molecule has 124 valence electrons. The molecule has 6 nitrogen and oxygen atoms in total. The predicted octanol–water partition coefficient (Wildman–Crippen LogP) is 2.66. The van der Waals surface area contributed by atoms with E-state index in [-0.39, 0.29) is 11.9 Å². The second-order valence-electron chi connectivity index (χ2n) is 6.53. The monoisotopic (exact) mass is 323 g/mol. The van der Waals surface area contributed by atoms with Crippen molar-refractivity contribution in [2.24, 2.45) is 7.05 Å². The topological polar surface area (TPSA) is 55.4 Å². The summed E-state index contributed by atoms with van der Waals surface area (Å²) in [4.78, 5) is 24.1. The van der Waals surface area contributed by atoms with E-state index in [0.717, 1.165) is 42.2 Å². The van der Waals surface area contributed by atoms with Gasteiger partial charge >= 0.3 is 0 Å². The molecule has 3 aromatic heterocycles. The van der Waals surface area contributed by atoms with Crippen molar-refractivity contribution >= 4 is 11.6 Å². The fourth-order valence-electron chi connectivity index (χ4n) is 3.62. The Kier molecular flexibility index (Phi) is 3.40. The van der Waals surface area contributed by atoms with Gasteiger partial charge in [0.1, 0.15) is 17.2 Å². The van der Waals surface area contributed by atoms with E-state index < -0.39 is 0 Å². The minimum absolute atomic E-state index is 0.0127.